The van der Waals surface area contributed by atoms with Crippen molar-refractivity contribution in [2.24, 2.45) is 0 Å². The van der Waals surface area contributed by atoms with E-state index in [1.54, 1.807) is 12.4 Å². The Morgan fingerprint density at radius 1 is 0.488 bits per heavy atom. The van der Waals surface area contributed by atoms with Crippen LogP contribution in [-0.4, -0.2) is 15.0 Å². The smallest absolute Gasteiger partial charge is 0.160 e. The monoisotopic (exact) mass is 548 g/mol. The van der Waals surface area contributed by atoms with E-state index in [2.05, 4.69) is 113 Å². The highest BCUT2D eigenvalue weighted by molar-refractivity contribution is 6.14. The summed E-state index contributed by atoms with van der Waals surface area (Å²) in [5.74, 6) is 0.713. The second-order valence-electron chi connectivity index (χ2n) is 10.9. The summed E-state index contributed by atoms with van der Waals surface area (Å²) < 4.78 is 0. The standard InChI is InChI=1S/C39H24N4/c1-3-12-34-33(10-1)38(26-19-21-40-22-20-26)42-39(41-34)29-16-15-28-24-30(18-17-27(28)23-29)43-35-13-4-2-9-31(35)32-11-5-7-25-8-6-14-36(43)37(25)32/h1-24H. The quantitative estimate of drug-likeness (QED) is 0.220. The minimum atomic E-state index is 0.713. The van der Waals surface area contributed by atoms with Crippen molar-refractivity contribution in [2.45, 2.75) is 0 Å². The predicted octanol–water partition coefficient (Wildman–Crippen LogP) is 10.1. The fraction of sp³-hybridized carbons (Fsp3) is 0. The molecule has 200 valence electrons. The van der Waals surface area contributed by atoms with Crippen molar-refractivity contribution in [2.75, 3.05) is 4.90 Å². The number of hydrogen-bond acceptors (Lipinski definition) is 4. The lowest BCUT2D eigenvalue weighted by molar-refractivity contribution is 1.22. The highest BCUT2D eigenvalue weighted by Gasteiger charge is 2.25. The number of fused-ring (bicyclic) bond motifs is 4. The van der Waals surface area contributed by atoms with E-state index in [-0.39, 0.29) is 0 Å². The molecule has 0 fully saturated rings. The lowest BCUT2D eigenvalue weighted by Gasteiger charge is -2.33. The predicted molar refractivity (Wildman–Crippen MR) is 177 cm³/mol. The van der Waals surface area contributed by atoms with Gasteiger partial charge < -0.3 is 4.90 Å². The number of pyridine rings is 1. The van der Waals surface area contributed by atoms with Crippen LogP contribution in [0.1, 0.15) is 0 Å². The Hall–Kier alpha value is -5.87. The van der Waals surface area contributed by atoms with Gasteiger partial charge in [0.2, 0.25) is 0 Å². The lowest BCUT2D eigenvalue weighted by atomic mass is 9.91. The fourth-order valence-corrected chi connectivity index (χ4v) is 6.48. The lowest BCUT2D eigenvalue weighted by Crippen LogP contribution is -2.14. The maximum atomic E-state index is 5.06. The molecule has 1 aliphatic rings. The summed E-state index contributed by atoms with van der Waals surface area (Å²) in [5, 5.41) is 5.88. The summed E-state index contributed by atoms with van der Waals surface area (Å²) in [7, 11) is 0. The number of aromatic nitrogens is 3. The Labute approximate surface area is 248 Å². The highest BCUT2D eigenvalue weighted by Crippen LogP contribution is 2.50. The molecule has 1 aliphatic heterocycles. The SMILES string of the molecule is c1ccc2c(c1)-c1cccc3cccc(c13)N2c1ccc2cc(-c3nc(-c4ccncc4)c4ccccc4n3)ccc2c1. The molecule has 4 nitrogen and oxygen atoms in total. The number of benzene rings is 6. The summed E-state index contributed by atoms with van der Waals surface area (Å²) in [4.78, 5) is 16.6. The summed E-state index contributed by atoms with van der Waals surface area (Å²) >= 11 is 0. The highest BCUT2D eigenvalue weighted by atomic mass is 15.2. The zero-order valence-electron chi connectivity index (χ0n) is 23.1. The molecule has 0 unspecified atom stereocenters. The molecule has 2 aromatic heterocycles. The molecule has 4 heteroatoms. The van der Waals surface area contributed by atoms with Gasteiger partial charge in [-0.25, -0.2) is 9.97 Å². The van der Waals surface area contributed by atoms with Crippen molar-refractivity contribution in [1.29, 1.82) is 0 Å². The molecule has 8 aromatic rings. The first-order chi connectivity index (χ1) is 21.3. The molecule has 0 saturated heterocycles. The van der Waals surface area contributed by atoms with Crippen molar-refractivity contribution in [3.63, 3.8) is 0 Å². The summed E-state index contributed by atoms with van der Waals surface area (Å²) in [6.07, 6.45) is 3.61. The van der Waals surface area contributed by atoms with E-state index >= 15 is 0 Å². The molecule has 0 N–H and O–H groups in total. The van der Waals surface area contributed by atoms with Crippen LogP contribution in [0.5, 0.6) is 0 Å². The number of nitrogens with zero attached hydrogens (tertiary/aromatic N) is 4. The van der Waals surface area contributed by atoms with Gasteiger partial charge in [0.25, 0.3) is 0 Å². The van der Waals surface area contributed by atoms with Gasteiger partial charge in [-0.1, -0.05) is 84.9 Å². The van der Waals surface area contributed by atoms with Gasteiger partial charge in [0, 0.05) is 45.5 Å². The Morgan fingerprint density at radius 3 is 2.16 bits per heavy atom. The van der Waals surface area contributed by atoms with Crippen molar-refractivity contribution in [3.05, 3.63) is 146 Å². The third-order valence-electron chi connectivity index (χ3n) is 8.46. The van der Waals surface area contributed by atoms with E-state index in [1.165, 1.54) is 38.7 Å². The molecule has 0 aliphatic carbocycles. The van der Waals surface area contributed by atoms with Crippen LogP contribution in [0, 0.1) is 0 Å². The molecule has 0 radical (unpaired) electrons. The third kappa shape index (κ3) is 3.74. The zero-order chi connectivity index (χ0) is 28.3. The maximum Gasteiger partial charge on any atom is 0.160 e. The van der Waals surface area contributed by atoms with Crippen LogP contribution in [-0.2, 0) is 0 Å². The summed E-state index contributed by atoms with van der Waals surface area (Å²) in [5.41, 5.74) is 9.92. The van der Waals surface area contributed by atoms with Crippen LogP contribution >= 0.6 is 0 Å². The first kappa shape index (κ1) is 23.8. The van der Waals surface area contributed by atoms with Crippen molar-refractivity contribution in [1.82, 2.24) is 15.0 Å². The summed E-state index contributed by atoms with van der Waals surface area (Å²) in [6, 6.07) is 47.3. The molecule has 0 spiro atoms. The molecule has 0 bridgehead atoms. The van der Waals surface area contributed by atoms with E-state index in [0.29, 0.717) is 5.82 Å². The Balaban J connectivity index is 1.18. The largest absolute Gasteiger partial charge is 0.309 e. The number of anilines is 3. The van der Waals surface area contributed by atoms with Gasteiger partial charge in [0.05, 0.1) is 22.6 Å². The van der Waals surface area contributed by atoms with Crippen LogP contribution in [0.3, 0.4) is 0 Å². The molecule has 6 aromatic carbocycles. The van der Waals surface area contributed by atoms with Crippen molar-refractivity contribution >= 4 is 49.5 Å². The second-order valence-corrected chi connectivity index (χ2v) is 10.9. The minimum absolute atomic E-state index is 0.713. The van der Waals surface area contributed by atoms with Crippen LogP contribution < -0.4 is 4.90 Å². The van der Waals surface area contributed by atoms with Gasteiger partial charge in [-0.15, -0.1) is 0 Å². The van der Waals surface area contributed by atoms with Crippen LogP contribution in [0.4, 0.5) is 17.1 Å². The molecule has 9 rings (SSSR count). The number of hydrogen-bond donors (Lipinski definition) is 0. The summed E-state index contributed by atoms with van der Waals surface area (Å²) in [6.45, 7) is 0. The molecule has 0 amide bonds. The van der Waals surface area contributed by atoms with Gasteiger partial charge in [-0.05, 0) is 70.3 Å². The van der Waals surface area contributed by atoms with E-state index in [4.69, 9.17) is 9.97 Å². The van der Waals surface area contributed by atoms with E-state index in [0.717, 1.165) is 38.8 Å². The van der Waals surface area contributed by atoms with Crippen molar-refractivity contribution < 1.29 is 0 Å². The average Bonchev–Trinajstić information content (AvgIpc) is 3.08. The van der Waals surface area contributed by atoms with Gasteiger partial charge >= 0.3 is 0 Å². The molecule has 0 saturated carbocycles. The Morgan fingerprint density at radius 2 is 1.23 bits per heavy atom. The van der Waals surface area contributed by atoms with Gasteiger partial charge in [0.1, 0.15) is 0 Å². The number of para-hydroxylation sites is 2. The molecular weight excluding hydrogens is 524 g/mol. The molecule has 3 heterocycles. The van der Waals surface area contributed by atoms with Crippen LogP contribution in [0.15, 0.2) is 146 Å². The fourth-order valence-electron chi connectivity index (χ4n) is 6.48. The minimum Gasteiger partial charge on any atom is -0.309 e. The first-order valence-corrected chi connectivity index (χ1v) is 14.4. The van der Waals surface area contributed by atoms with E-state index in [9.17, 15) is 0 Å². The van der Waals surface area contributed by atoms with Gasteiger partial charge in [-0.2, -0.15) is 0 Å². The van der Waals surface area contributed by atoms with Gasteiger partial charge in [-0.3, -0.25) is 4.98 Å². The first-order valence-electron chi connectivity index (χ1n) is 14.4. The molecule has 0 atom stereocenters. The average molecular weight is 549 g/mol. The van der Waals surface area contributed by atoms with Gasteiger partial charge in [0.15, 0.2) is 5.82 Å². The number of rotatable bonds is 3. The Kier molecular flexibility index (Phi) is 5.16. The van der Waals surface area contributed by atoms with E-state index < -0.39 is 0 Å². The van der Waals surface area contributed by atoms with E-state index in [1.807, 2.05) is 30.3 Å². The van der Waals surface area contributed by atoms with Crippen molar-refractivity contribution in [3.8, 4) is 33.8 Å². The second kappa shape index (κ2) is 9.33. The van der Waals surface area contributed by atoms with Crippen LogP contribution in [0.25, 0.3) is 66.2 Å². The van der Waals surface area contributed by atoms with Crippen LogP contribution in [0.2, 0.25) is 0 Å². The topological polar surface area (TPSA) is 41.9 Å². The Bertz CT molecular complexity index is 2360. The normalized spacial score (nSPS) is 12.1. The molecule has 43 heavy (non-hydrogen) atoms. The maximum absolute atomic E-state index is 5.06. The molecular formula is C39H24N4. The zero-order valence-corrected chi connectivity index (χ0v) is 23.1. The third-order valence-corrected chi connectivity index (χ3v) is 8.46.